The maximum absolute atomic E-state index is 12.0. The Balaban J connectivity index is 2.13. The third-order valence-electron chi connectivity index (χ3n) is 4.25. The average molecular weight is 340 g/mol. The molecule has 1 amide bonds. The lowest BCUT2D eigenvalue weighted by Gasteiger charge is -2.15. The van der Waals surface area contributed by atoms with Gasteiger partial charge in [-0.15, -0.1) is 0 Å². The van der Waals surface area contributed by atoms with Gasteiger partial charge < -0.3 is 20.4 Å². The summed E-state index contributed by atoms with van der Waals surface area (Å²) in [7, 11) is 4.25. The van der Waals surface area contributed by atoms with E-state index in [9.17, 15) is 4.79 Å². The Bertz CT molecular complexity index is 364. The molecule has 0 aromatic heterocycles. The van der Waals surface area contributed by atoms with Crippen LogP contribution in [0, 0.1) is 0 Å². The van der Waals surface area contributed by atoms with E-state index in [1.165, 1.54) is 32.2 Å². The Morgan fingerprint density at radius 2 is 1.71 bits per heavy atom. The van der Waals surface area contributed by atoms with Gasteiger partial charge in [-0.1, -0.05) is 19.3 Å². The Labute approximate surface area is 148 Å². The van der Waals surface area contributed by atoms with Crippen LogP contribution in [0.15, 0.2) is 4.99 Å². The van der Waals surface area contributed by atoms with Crippen molar-refractivity contribution in [2.24, 2.45) is 4.99 Å². The van der Waals surface area contributed by atoms with Gasteiger partial charge in [0.25, 0.3) is 0 Å². The third kappa shape index (κ3) is 9.75. The summed E-state index contributed by atoms with van der Waals surface area (Å²) < 4.78 is 0. The van der Waals surface area contributed by atoms with Crippen LogP contribution in [0.5, 0.6) is 0 Å². The number of amides is 1. The van der Waals surface area contributed by atoms with Gasteiger partial charge in [-0.2, -0.15) is 0 Å². The normalized spacial score (nSPS) is 15.2. The quantitative estimate of drug-likeness (QED) is 0.342. The molecule has 0 spiro atoms. The summed E-state index contributed by atoms with van der Waals surface area (Å²) >= 11 is 0. The first-order valence-electron chi connectivity index (χ1n) is 9.58. The predicted molar refractivity (Wildman–Crippen MR) is 101 cm³/mol. The van der Waals surface area contributed by atoms with Crippen LogP contribution in [0.1, 0.15) is 51.9 Å². The van der Waals surface area contributed by atoms with E-state index in [0.717, 1.165) is 51.4 Å². The summed E-state index contributed by atoms with van der Waals surface area (Å²) in [6.07, 6.45) is 8.51. The predicted octanol–water partition coefficient (Wildman–Crippen LogP) is 1.68. The Kier molecular flexibility index (Phi) is 11.3. The van der Waals surface area contributed by atoms with Crippen molar-refractivity contribution >= 4 is 11.9 Å². The topological polar surface area (TPSA) is 60.0 Å². The molecular formula is C18H37N5O. The molecule has 2 N–H and O–H groups in total. The SMILES string of the molecule is CCNC(=NCC(=O)N1CCCC1)NCCCCCCCN(C)C. The number of carbonyl (C=O) groups excluding carboxylic acids is 1. The molecule has 1 aliphatic heterocycles. The van der Waals surface area contributed by atoms with E-state index < -0.39 is 0 Å². The molecule has 0 aromatic carbocycles. The zero-order chi connectivity index (χ0) is 17.6. The summed E-state index contributed by atoms with van der Waals surface area (Å²) in [5.74, 6) is 0.906. The minimum absolute atomic E-state index is 0.144. The molecule has 0 radical (unpaired) electrons. The zero-order valence-electron chi connectivity index (χ0n) is 15.9. The van der Waals surface area contributed by atoms with Crippen LogP contribution in [0.4, 0.5) is 0 Å². The first-order valence-corrected chi connectivity index (χ1v) is 9.58. The molecule has 0 atom stereocenters. The van der Waals surface area contributed by atoms with E-state index in [1.54, 1.807) is 0 Å². The van der Waals surface area contributed by atoms with Gasteiger partial charge in [0.1, 0.15) is 6.54 Å². The summed E-state index contributed by atoms with van der Waals surface area (Å²) in [5.41, 5.74) is 0. The van der Waals surface area contributed by atoms with Gasteiger partial charge in [-0.25, -0.2) is 4.99 Å². The second-order valence-electron chi connectivity index (χ2n) is 6.78. The molecule has 0 aromatic rings. The smallest absolute Gasteiger partial charge is 0.244 e. The van der Waals surface area contributed by atoms with Crippen molar-refractivity contribution in [1.29, 1.82) is 0 Å². The van der Waals surface area contributed by atoms with Crippen LogP contribution in [0.25, 0.3) is 0 Å². The minimum atomic E-state index is 0.144. The molecule has 140 valence electrons. The molecule has 1 saturated heterocycles. The molecule has 1 heterocycles. The first kappa shape index (κ1) is 20.7. The lowest BCUT2D eigenvalue weighted by molar-refractivity contribution is -0.128. The summed E-state index contributed by atoms with van der Waals surface area (Å²) in [5, 5.41) is 6.55. The highest BCUT2D eigenvalue weighted by Gasteiger charge is 2.17. The molecular weight excluding hydrogens is 302 g/mol. The van der Waals surface area contributed by atoms with Crippen LogP contribution in [-0.4, -0.2) is 75.0 Å². The van der Waals surface area contributed by atoms with Gasteiger partial charge in [-0.05, 0) is 53.2 Å². The minimum Gasteiger partial charge on any atom is -0.357 e. The van der Waals surface area contributed by atoms with Crippen molar-refractivity contribution in [3.8, 4) is 0 Å². The molecule has 0 saturated carbocycles. The van der Waals surface area contributed by atoms with Crippen LogP contribution < -0.4 is 10.6 Å². The Morgan fingerprint density at radius 1 is 1.04 bits per heavy atom. The van der Waals surface area contributed by atoms with E-state index in [4.69, 9.17) is 0 Å². The van der Waals surface area contributed by atoms with E-state index in [2.05, 4.69) is 34.6 Å². The average Bonchev–Trinajstić information content (AvgIpc) is 3.08. The number of likely N-dealkylation sites (tertiary alicyclic amines) is 1. The van der Waals surface area contributed by atoms with Gasteiger partial charge in [0.05, 0.1) is 0 Å². The van der Waals surface area contributed by atoms with Gasteiger partial charge in [0.15, 0.2) is 5.96 Å². The molecule has 1 fully saturated rings. The highest BCUT2D eigenvalue weighted by atomic mass is 16.2. The summed E-state index contributed by atoms with van der Waals surface area (Å²) in [6, 6.07) is 0. The van der Waals surface area contributed by atoms with Crippen LogP contribution >= 0.6 is 0 Å². The fourth-order valence-electron chi connectivity index (χ4n) is 2.85. The lowest BCUT2D eigenvalue weighted by Crippen LogP contribution is -2.39. The first-order chi connectivity index (χ1) is 11.6. The van der Waals surface area contributed by atoms with Gasteiger partial charge >= 0.3 is 0 Å². The van der Waals surface area contributed by atoms with Crippen LogP contribution in [0.3, 0.4) is 0 Å². The number of carbonyl (C=O) groups is 1. The third-order valence-corrected chi connectivity index (χ3v) is 4.25. The number of hydrogen-bond donors (Lipinski definition) is 2. The van der Waals surface area contributed by atoms with E-state index in [-0.39, 0.29) is 12.5 Å². The molecule has 6 heteroatoms. The highest BCUT2D eigenvalue weighted by molar-refractivity contribution is 5.85. The van der Waals surface area contributed by atoms with Gasteiger partial charge in [0, 0.05) is 26.2 Å². The van der Waals surface area contributed by atoms with E-state index in [1.807, 2.05) is 11.8 Å². The van der Waals surface area contributed by atoms with Gasteiger partial charge in [-0.3, -0.25) is 4.79 Å². The molecule has 1 rings (SSSR count). The molecule has 0 aliphatic carbocycles. The maximum Gasteiger partial charge on any atom is 0.244 e. The van der Waals surface area contributed by atoms with E-state index >= 15 is 0 Å². The number of nitrogens with zero attached hydrogens (tertiary/aromatic N) is 3. The highest BCUT2D eigenvalue weighted by Crippen LogP contribution is 2.07. The molecule has 0 bridgehead atoms. The Morgan fingerprint density at radius 3 is 2.38 bits per heavy atom. The maximum atomic E-state index is 12.0. The second kappa shape index (κ2) is 13.0. The van der Waals surface area contributed by atoms with Crippen molar-refractivity contribution in [2.75, 3.05) is 53.4 Å². The van der Waals surface area contributed by atoms with Crippen LogP contribution in [0.2, 0.25) is 0 Å². The summed E-state index contributed by atoms with van der Waals surface area (Å²) in [4.78, 5) is 20.6. The van der Waals surface area contributed by atoms with Crippen molar-refractivity contribution in [3.05, 3.63) is 0 Å². The number of unbranched alkanes of at least 4 members (excludes halogenated alkanes) is 4. The molecule has 24 heavy (non-hydrogen) atoms. The van der Waals surface area contributed by atoms with Crippen molar-refractivity contribution in [3.63, 3.8) is 0 Å². The number of hydrogen-bond acceptors (Lipinski definition) is 3. The number of guanidine groups is 1. The fraction of sp³-hybridized carbons (Fsp3) is 0.889. The molecule has 0 unspecified atom stereocenters. The monoisotopic (exact) mass is 339 g/mol. The zero-order valence-corrected chi connectivity index (χ0v) is 15.9. The number of rotatable bonds is 11. The fourth-order valence-corrected chi connectivity index (χ4v) is 2.85. The van der Waals surface area contributed by atoms with Crippen molar-refractivity contribution < 1.29 is 4.79 Å². The number of aliphatic imine (C=N–C) groups is 1. The summed E-state index contributed by atoms with van der Waals surface area (Å²) in [6.45, 7) is 6.99. The standard InChI is InChI=1S/C18H37N5O/c1-4-19-18(21-16-17(24)23-14-10-11-15-23)20-12-8-6-5-7-9-13-22(2)3/h4-16H2,1-3H3,(H2,19,20,21). The van der Waals surface area contributed by atoms with Gasteiger partial charge in [0.2, 0.25) is 5.91 Å². The largest absolute Gasteiger partial charge is 0.357 e. The second-order valence-corrected chi connectivity index (χ2v) is 6.78. The lowest BCUT2D eigenvalue weighted by atomic mass is 10.1. The number of nitrogens with one attached hydrogen (secondary N) is 2. The van der Waals surface area contributed by atoms with E-state index in [0.29, 0.717) is 0 Å². The molecule has 6 nitrogen and oxygen atoms in total. The Hall–Kier alpha value is -1.30. The van der Waals surface area contributed by atoms with Crippen molar-refractivity contribution in [1.82, 2.24) is 20.4 Å². The molecule has 1 aliphatic rings. The van der Waals surface area contributed by atoms with Crippen molar-refractivity contribution in [2.45, 2.75) is 51.9 Å². The van der Waals surface area contributed by atoms with Crippen LogP contribution in [-0.2, 0) is 4.79 Å².